The highest BCUT2D eigenvalue weighted by atomic mass is 16.5. The summed E-state index contributed by atoms with van der Waals surface area (Å²) in [6, 6.07) is 6.28. The van der Waals surface area contributed by atoms with E-state index in [4.69, 9.17) is 18.7 Å². The molecule has 0 aliphatic heterocycles. The van der Waals surface area contributed by atoms with E-state index < -0.39 is 18.0 Å². The van der Waals surface area contributed by atoms with Crippen molar-refractivity contribution in [3.8, 4) is 11.5 Å². The number of hydrogen-bond donors (Lipinski definition) is 1. The summed E-state index contributed by atoms with van der Waals surface area (Å²) in [6.45, 7) is 7.76. The summed E-state index contributed by atoms with van der Waals surface area (Å²) in [5, 5.41) is 6.17. The first-order valence-corrected chi connectivity index (χ1v) is 8.56. The first-order valence-electron chi connectivity index (χ1n) is 8.56. The van der Waals surface area contributed by atoms with Crippen LogP contribution in [0.1, 0.15) is 36.9 Å². The van der Waals surface area contributed by atoms with Crippen molar-refractivity contribution in [3.63, 3.8) is 0 Å². The number of rotatable bonds is 8. The normalized spacial score (nSPS) is 11.8. The van der Waals surface area contributed by atoms with Gasteiger partial charge < -0.3 is 24.1 Å². The molecule has 0 saturated heterocycles. The van der Waals surface area contributed by atoms with Crippen LogP contribution in [0, 0.1) is 12.8 Å². The van der Waals surface area contributed by atoms with E-state index in [-0.39, 0.29) is 11.4 Å². The van der Waals surface area contributed by atoms with E-state index in [2.05, 4.69) is 10.5 Å². The van der Waals surface area contributed by atoms with Crippen molar-refractivity contribution in [1.82, 2.24) is 5.16 Å². The molecular weight excluding hydrogens is 352 g/mol. The smallest absolute Gasteiger partial charge is 0.339 e. The molecule has 0 bridgehead atoms. The molecule has 1 atom stereocenters. The third-order valence-electron chi connectivity index (χ3n) is 3.50. The van der Waals surface area contributed by atoms with Crippen molar-refractivity contribution in [1.29, 1.82) is 0 Å². The summed E-state index contributed by atoms with van der Waals surface area (Å²) < 4.78 is 21.0. The summed E-state index contributed by atoms with van der Waals surface area (Å²) in [5.41, 5.74) is 0.251. The molecule has 1 aromatic carbocycles. The van der Waals surface area contributed by atoms with Gasteiger partial charge >= 0.3 is 5.97 Å². The lowest BCUT2D eigenvalue weighted by molar-refractivity contribution is -0.123. The number of benzene rings is 1. The minimum atomic E-state index is -1.02. The fourth-order valence-electron chi connectivity index (χ4n) is 2.11. The molecule has 1 aromatic heterocycles. The van der Waals surface area contributed by atoms with Crippen LogP contribution in [0.15, 0.2) is 28.8 Å². The third kappa shape index (κ3) is 5.73. The average molecular weight is 376 g/mol. The Kier molecular flexibility index (Phi) is 6.81. The van der Waals surface area contributed by atoms with Gasteiger partial charge in [-0.25, -0.2) is 4.79 Å². The van der Waals surface area contributed by atoms with Crippen molar-refractivity contribution in [2.45, 2.75) is 33.8 Å². The van der Waals surface area contributed by atoms with Crippen LogP contribution in [0.2, 0.25) is 0 Å². The molecule has 2 rings (SSSR count). The van der Waals surface area contributed by atoms with Crippen molar-refractivity contribution in [2.24, 2.45) is 5.92 Å². The highest BCUT2D eigenvalue weighted by molar-refractivity contribution is 5.97. The second-order valence-corrected chi connectivity index (χ2v) is 6.43. The van der Waals surface area contributed by atoms with E-state index >= 15 is 0 Å². The number of esters is 1. The number of anilines is 1. The van der Waals surface area contributed by atoms with Gasteiger partial charge in [0.15, 0.2) is 23.4 Å². The van der Waals surface area contributed by atoms with Gasteiger partial charge in [0.05, 0.1) is 19.3 Å². The van der Waals surface area contributed by atoms with Gasteiger partial charge in [-0.2, -0.15) is 0 Å². The van der Waals surface area contributed by atoms with Gasteiger partial charge in [0.1, 0.15) is 5.76 Å². The lowest BCUT2D eigenvalue weighted by atomic mass is 10.2. The highest BCUT2D eigenvalue weighted by Gasteiger charge is 2.21. The molecule has 1 heterocycles. The predicted octanol–water partition coefficient (Wildman–Crippen LogP) is 3.21. The zero-order valence-corrected chi connectivity index (χ0v) is 16.1. The largest absolute Gasteiger partial charge is 0.493 e. The molecule has 8 nitrogen and oxygen atoms in total. The number of hydrogen-bond acceptors (Lipinski definition) is 7. The molecule has 146 valence electrons. The summed E-state index contributed by atoms with van der Waals surface area (Å²) >= 11 is 0. The Morgan fingerprint density at radius 2 is 1.93 bits per heavy atom. The zero-order valence-electron chi connectivity index (χ0n) is 16.1. The van der Waals surface area contributed by atoms with E-state index in [0.29, 0.717) is 29.8 Å². The molecule has 8 heteroatoms. The second kappa shape index (κ2) is 9.07. The number of amides is 1. The topological polar surface area (TPSA) is 99.9 Å². The van der Waals surface area contributed by atoms with Gasteiger partial charge in [-0.15, -0.1) is 0 Å². The number of aryl methyl sites for hydroxylation is 1. The number of carbonyl (C=O) groups is 2. The monoisotopic (exact) mass is 376 g/mol. The molecule has 0 saturated carbocycles. The minimum absolute atomic E-state index is 0.251. The average Bonchev–Trinajstić information content (AvgIpc) is 3.04. The van der Waals surface area contributed by atoms with E-state index in [1.165, 1.54) is 20.1 Å². The number of nitrogens with zero attached hydrogens (tertiary/aromatic N) is 1. The van der Waals surface area contributed by atoms with Crippen molar-refractivity contribution < 1.29 is 28.3 Å². The van der Waals surface area contributed by atoms with Gasteiger partial charge in [0, 0.05) is 6.07 Å². The first-order chi connectivity index (χ1) is 12.8. The Labute approximate surface area is 157 Å². The number of methoxy groups -OCH3 is 1. The van der Waals surface area contributed by atoms with Crippen LogP contribution in [0.25, 0.3) is 0 Å². The summed E-state index contributed by atoms with van der Waals surface area (Å²) in [6.07, 6.45) is -1.02. The predicted molar refractivity (Wildman–Crippen MR) is 98.1 cm³/mol. The fourth-order valence-corrected chi connectivity index (χ4v) is 2.11. The van der Waals surface area contributed by atoms with Crippen LogP contribution in [0.5, 0.6) is 11.5 Å². The lowest BCUT2D eigenvalue weighted by Gasteiger charge is -2.15. The van der Waals surface area contributed by atoms with Crippen LogP contribution < -0.4 is 14.8 Å². The van der Waals surface area contributed by atoms with E-state index in [0.717, 1.165) is 0 Å². The van der Waals surface area contributed by atoms with Crippen LogP contribution in [-0.4, -0.2) is 36.9 Å². The number of nitrogens with one attached hydrogen (secondary N) is 1. The second-order valence-electron chi connectivity index (χ2n) is 6.43. The molecule has 0 radical (unpaired) electrons. The van der Waals surface area contributed by atoms with Gasteiger partial charge in [-0.05, 0) is 38.0 Å². The third-order valence-corrected chi connectivity index (χ3v) is 3.50. The van der Waals surface area contributed by atoms with Crippen molar-refractivity contribution in [3.05, 3.63) is 35.6 Å². The molecule has 0 unspecified atom stereocenters. The summed E-state index contributed by atoms with van der Waals surface area (Å²) in [5.74, 6) is 0.959. The van der Waals surface area contributed by atoms with Gasteiger partial charge in [-0.3, -0.25) is 4.79 Å². The van der Waals surface area contributed by atoms with Gasteiger partial charge in [0.25, 0.3) is 5.91 Å². The number of carbonyl (C=O) groups excluding carboxylic acids is 2. The van der Waals surface area contributed by atoms with Crippen LogP contribution in [0.4, 0.5) is 5.82 Å². The van der Waals surface area contributed by atoms with E-state index in [1.54, 1.807) is 25.1 Å². The van der Waals surface area contributed by atoms with E-state index in [1.807, 2.05) is 13.8 Å². The maximum Gasteiger partial charge on any atom is 0.339 e. The Bertz CT molecular complexity index is 799. The minimum Gasteiger partial charge on any atom is -0.493 e. The molecule has 0 spiro atoms. The molecular formula is C19H24N2O6. The molecule has 0 aliphatic rings. The van der Waals surface area contributed by atoms with Gasteiger partial charge in [-0.1, -0.05) is 19.0 Å². The quantitative estimate of drug-likeness (QED) is 0.706. The highest BCUT2D eigenvalue weighted by Crippen LogP contribution is 2.29. The van der Waals surface area contributed by atoms with Crippen LogP contribution in [0.3, 0.4) is 0 Å². The number of aromatic nitrogens is 1. The standard InChI is InChI=1S/C19H24N2O6/c1-11(2)10-25-15-7-6-14(9-16(15)24-5)19(23)26-13(4)18(22)20-17-8-12(3)27-21-17/h6-9,11,13H,10H2,1-5H3,(H,20,21,22)/t13-/m1/s1. The van der Waals surface area contributed by atoms with Crippen LogP contribution >= 0.6 is 0 Å². The number of ether oxygens (including phenoxy) is 3. The molecule has 1 amide bonds. The molecule has 1 N–H and O–H groups in total. The lowest BCUT2D eigenvalue weighted by Crippen LogP contribution is -2.30. The Hall–Kier alpha value is -3.03. The van der Waals surface area contributed by atoms with Crippen molar-refractivity contribution in [2.75, 3.05) is 19.0 Å². The van der Waals surface area contributed by atoms with Gasteiger partial charge in [0.2, 0.25) is 0 Å². The molecule has 27 heavy (non-hydrogen) atoms. The SMILES string of the molecule is COc1cc(C(=O)O[C@H](C)C(=O)Nc2cc(C)on2)ccc1OCC(C)C. The first kappa shape index (κ1) is 20.3. The summed E-state index contributed by atoms with van der Waals surface area (Å²) in [4.78, 5) is 24.4. The summed E-state index contributed by atoms with van der Waals surface area (Å²) in [7, 11) is 1.49. The van der Waals surface area contributed by atoms with Crippen molar-refractivity contribution >= 4 is 17.7 Å². The Morgan fingerprint density at radius 1 is 1.19 bits per heavy atom. The Morgan fingerprint density at radius 3 is 2.52 bits per heavy atom. The fraction of sp³-hybridized carbons (Fsp3) is 0.421. The maximum absolute atomic E-state index is 12.3. The van der Waals surface area contributed by atoms with Crippen LogP contribution in [-0.2, 0) is 9.53 Å². The Balaban J connectivity index is 2.00. The zero-order chi connectivity index (χ0) is 20.0. The molecule has 0 fully saturated rings. The molecule has 0 aliphatic carbocycles. The molecule has 2 aromatic rings. The van der Waals surface area contributed by atoms with E-state index in [9.17, 15) is 9.59 Å². The maximum atomic E-state index is 12.3.